The first-order chi connectivity index (χ1) is 15.1. The average Bonchev–Trinajstić information content (AvgIpc) is 3.47. The van der Waals surface area contributed by atoms with Crippen molar-refractivity contribution in [3.05, 3.63) is 41.6 Å². The van der Waals surface area contributed by atoms with Gasteiger partial charge in [-0.05, 0) is 50.3 Å². The summed E-state index contributed by atoms with van der Waals surface area (Å²) in [6.07, 6.45) is 2.94. The number of amides is 1. The van der Waals surface area contributed by atoms with Crippen LogP contribution >= 0.6 is 0 Å². The molecule has 1 amide bonds. The fraction of sp³-hybridized carbons (Fsp3) is 0.524. The zero-order valence-electron chi connectivity index (χ0n) is 18.0. The number of sulfone groups is 1. The molecule has 0 spiro atoms. The number of aromatic nitrogens is 2. The van der Waals surface area contributed by atoms with Gasteiger partial charge in [0, 0.05) is 25.6 Å². The quantitative estimate of drug-likeness (QED) is 0.647. The van der Waals surface area contributed by atoms with Crippen molar-refractivity contribution in [3.63, 3.8) is 0 Å². The lowest BCUT2D eigenvalue weighted by Crippen LogP contribution is -2.27. The van der Waals surface area contributed by atoms with Gasteiger partial charge in [-0.25, -0.2) is 21.5 Å². The number of aryl methyl sites for hydroxylation is 2. The van der Waals surface area contributed by atoms with Crippen LogP contribution < -0.4 is 5.32 Å². The van der Waals surface area contributed by atoms with E-state index in [1.165, 1.54) is 4.31 Å². The molecule has 174 valence electrons. The summed E-state index contributed by atoms with van der Waals surface area (Å²) in [7, 11) is -6.51. The highest BCUT2D eigenvalue weighted by Crippen LogP contribution is 2.27. The van der Waals surface area contributed by atoms with Gasteiger partial charge >= 0.3 is 0 Å². The number of hydrogen-bond acceptors (Lipinski definition) is 6. The standard InChI is InChI=1S/C21H28N4O5S2/c1-16-14-20(25(23-16)18-10-13-31(27,28)15-18)22-21(26)9-6-17-4-7-19(8-5-17)32(29,30)24-11-2-3-12-24/h4-5,7-8,14,18H,2-3,6,9-13,15H2,1H3,(H,22,26). The van der Waals surface area contributed by atoms with Crippen LogP contribution in [-0.4, -0.2) is 61.4 Å². The summed E-state index contributed by atoms with van der Waals surface area (Å²) in [6.45, 7) is 2.92. The summed E-state index contributed by atoms with van der Waals surface area (Å²) >= 11 is 0. The first kappa shape index (κ1) is 22.9. The molecule has 2 aliphatic rings. The van der Waals surface area contributed by atoms with Crippen LogP contribution in [0.5, 0.6) is 0 Å². The summed E-state index contributed by atoms with van der Waals surface area (Å²) < 4.78 is 52.0. The van der Waals surface area contributed by atoms with E-state index in [0.717, 1.165) is 18.4 Å². The highest BCUT2D eigenvalue weighted by atomic mass is 32.2. The van der Waals surface area contributed by atoms with Crippen molar-refractivity contribution in [2.75, 3.05) is 29.9 Å². The van der Waals surface area contributed by atoms with Crippen molar-refractivity contribution < 1.29 is 21.6 Å². The molecule has 32 heavy (non-hydrogen) atoms. The fourth-order valence-electron chi connectivity index (χ4n) is 4.23. The van der Waals surface area contributed by atoms with Gasteiger partial charge in [0.05, 0.1) is 28.1 Å². The van der Waals surface area contributed by atoms with E-state index < -0.39 is 19.9 Å². The molecule has 0 aliphatic carbocycles. The fourth-order valence-corrected chi connectivity index (χ4v) is 7.43. The molecule has 1 N–H and O–H groups in total. The Hall–Kier alpha value is -2.24. The maximum Gasteiger partial charge on any atom is 0.243 e. The lowest BCUT2D eigenvalue weighted by atomic mass is 10.1. The Balaban J connectivity index is 1.36. The molecular weight excluding hydrogens is 452 g/mol. The summed E-state index contributed by atoms with van der Waals surface area (Å²) in [5.41, 5.74) is 1.58. The Labute approximate surface area is 188 Å². The molecule has 9 nitrogen and oxygen atoms in total. The third-order valence-electron chi connectivity index (χ3n) is 5.95. The first-order valence-corrected chi connectivity index (χ1v) is 14.1. The van der Waals surface area contributed by atoms with Gasteiger partial charge < -0.3 is 5.32 Å². The van der Waals surface area contributed by atoms with Crippen LogP contribution in [0.15, 0.2) is 35.2 Å². The number of nitrogens with zero attached hydrogens (tertiary/aromatic N) is 3. The van der Waals surface area contributed by atoms with E-state index >= 15 is 0 Å². The molecule has 11 heteroatoms. The molecule has 3 heterocycles. The number of nitrogens with one attached hydrogen (secondary N) is 1. The number of hydrogen-bond donors (Lipinski definition) is 1. The molecule has 1 aromatic heterocycles. The van der Waals surface area contributed by atoms with E-state index in [9.17, 15) is 21.6 Å². The predicted octanol–water partition coefficient (Wildman–Crippen LogP) is 1.91. The van der Waals surface area contributed by atoms with E-state index in [4.69, 9.17) is 0 Å². The molecule has 4 rings (SSSR count). The van der Waals surface area contributed by atoms with Gasteiger partial charge in [-0.15, -0.1) is 0 Å². The van der Waals surface area contributed by atoms with Gasteiger partial charge in [0.25, 0.3) is 0 Å². The SMILES string of the molecule is Cc1cc(NC(=O)CCc2ccc(S(=O)(=O)N3CCCC3)cc2)n(C2CCS(=O)(=O)C2)n1. The molecule has 2 saturated heterocycles. The smallest absolute Gasteiger partial charge is 0.243 e. The maximum absolute atomic E-state index is 12.6. The molecule has 1 aromatic carbocycles. The van der Waals surface area contributed by atoms with Crippen LogP contribution in [0.2, 0.25) is 0 Å². The van der Waals surface area contributed by atoms with Crippen molar-refractivity contribution in [1.82, 2.24) is 14.1 Å². The number of sulfonamides is 1. The Bertz CT molecular complexity index is 1200. The maximum atomic E-state index is 12.6. The highest BCUT2D eigenvalue weighted by molar-refractivity contribution is 7.91. The normalized spacial score (nSPS) is 21.1. The van der Waals surface area contributed by atoms with Gasteiger partial charge in [-0.1, -0.05) is 12.1 Å². The monoisotopic (exact) mass is 480 g/mol. The van der Waals surface area contributed by atoms with Crippen LogP contribution in [0.1, 0.15) is 43.0 Å². The summed E-state index contributed by atoms with van der Waals surface area (Å²) in [4.78, 5) is 12.8. The number of anilines is 1. The van der Waals surface area contributed by atoms with E-state index in [1.807, 2.05) is 0 Å². The number of carbonyl (C=O) groups is 1. The molecule has 0 saturated carbocycles. The highest BCUT2D eigenvalue weighted by Gasteiger charge is 2.31. The summed E-state index contributed by atoms with van der Waals surface area (Å²) in [5.74, 6) is 0.458. The Kier molecular flexibility index (Phi) is 6.42. The zero-order chi connectivity index (χ0) is 22.9. The third-order valence-corrected chi connectivity index (χ3v) is 9.61. The van der Waals surface area contributed by atoms with Crippen LogP contribution in [0.25, 0.3) is 0 Å². The van der Waals surface area contributed by atoms with E-state index in [2.05, 4.69) is 10.4 Å². The molecule has 1 atom stereocenters. The molecule has 1 unspecified atom stereocenters. The van der Waals surface area contributed by atoms with Crippen LogP contribution in [-0.2, 0) is 31.1 Å². The number of rotatable bonds is 7. The molecular formula is C21H28N4O5S2. The van der Waals surface area contributed by atoms with Crippen molar-refractivity contribution in [2.24, 2.45) is 0 Å². The molecule has 0 bridgehead atoms. The predicted molar refractivity (Wildman–Crippen MR) is 121 cm³/mol. The topological polar surface area (TPSA) is 118 Å². The minimum atomic E-state index is -3.44. The number of carbonyl (C=O) groups excluding carboxylic acids is 1. The van der Waals surface area contributed by atoms with Crippen LogP contribution in [0.4, 0.5) is 5.82 Å². The first-order valence-electron chi connectivity index (χ1n) is 10.8. The number of benzene rings is 1. The van der Waals surface area contributed by atoms with Crippen molar-refractivity contribution in [2.45, 2.75) is 50.0 Å². The summed E-state index contributed by atoms with van der Waals surface area (Å²) in [5, 5.41) is 7.21. The minimum absolute atomic E-state index is 0.0314. The van der Waals surface area contributed by atoms with Crippen molar-refractivity contribution >= 4 is 31.6 Å². The van der Waals surface area contributed by atoms with Crippen molar-refractivity contribution in [3.8, 4) is 0 Å². The largest absolute Gasteiger partial charge is 0.311 e. The lowest BCUT2D eigenvalue weighted by molar-refractivity contribution is -0.116. The summed E-state index contributed by atoms with van der Waals surface area (Å²) in [6, 6.07) is 8.15. The average molecular weight is 481 g/mol. The van der Waals surface area contributed by atoms with Gasteiger partial charge in [0.15, 0.2) is 9.84 Å². The Morgan fingerprint density at radius 1 is 1.19 bits per heavy atom. The Morgan fingerprint density at radius 3 is 2.50 bits per heavy atom. The second kappa shape index (κ2) is 8.95. The third kappa shape index (κ3) is 5.05. The van der Waals surface area contributed by atoms with Gasteiger partial charge in [-0.2, -0.15) is 9.40 Å². The zero-order valence-corrected chi connectivity index (χ0v) is 19.7. The van der Waals surface area contributed by atoms with E-state index in [-0.39, 0.29) is 34.8 Å². The molecule has 2 fully saturated rings. The van der Waals surface area contributed by atoms with E-state index in [1.54, 1.807) is 41.9 Å². The van der Waals surface area contributed by atoms with Crippen LogP contribution in [0.3, 0.4) is 0 Å². The Morgan fingerprint density at radius 2 is 1.88 bits per heavy atom. The van der Waals surface area contributed by atoms with Gasteiger partial charge in [-0.3, -0.25) is 4.79 Å². The van der Waals surface area contributed by atoms with Crippen LogP contribution in [0, 0.1) is 6.92 Å². The second-order valence-electron chi connectivity index (χ2n) is 8.48. The molecule has 0 radical (unpaired) electrons. The van der Waals surface area contributed by atoms with Crippen molar-refractivity contribution in [1.29, 1.82) is 0 Å². The van der Waals surface area contributed by atoms with E-state index in [0.29, 0.717) is 37.4 Å². The minimum Gasteiger partial charge on any atom is -0.311 e. The van der Waals surface area contributed by atoms with Gasteiger partial charge in [0.2, 0.25) is 15.9 Å². The lowest BCUT2D eigenvalue weighted by Gasteiger charge is -2.15. The van der Waals surface area contributed by atoms with Gasteiger partial charge in [0.1, 0.15) is 5.82 Å². The second-order valence-corrected chi connectivity index (χ2v) is 12.6. The molecule has 2 aromatic rings. The molecule has 2 aliphatic heterocycles.